The van der Waals surface area contributed by atoms with Crippen molar-refractivity contribution in [3.8, 4) is 16.9 Å². The maximum atomic E-state index is 5.59. The van der Waals surface area contributed by atoms with Crippen molar-refractivity contribution in [2.45, 2.75) is 0 Å². The van der Waals surface area contributed by atoms with Gasteiger partial charge in [0.2, 0.25) is 0 Å². The molecule has 0 aliphatic heterocycles. The van der Waals surface area contributed by atoms with Gasteiger partial charge in [-0.25, -0.2) is 0 Å². The van der Waals surface area contributed by atoms with Gasteiger partial charge in [0.15, 0.2) is 5.75 Å². The minimum atomic E-state index is 0.742. The molecule has 2 nitrogen and oxygen atoms in total. The van der Waals surface area contributed by atoms with Gasteiger partial charge in [0.1, 0.15) is 5.71 Å². The number of oxime groups is 1. The van der Waals surface area contributed by atoms with Crippen LogP contribution in [0.3, 0.4) is 0 Å². The van der Waals surface area contributed by atoms with Gasteiger partial charge in [-0.1, -0.05) is 71.9 Å². The third kappa shape index (κ3) is 2.01. The largest absolute Gasteiger partial charge is 0.356 e. The van der Waals surface area contributed by atoms with Crippen molar-refractivity contribution in [2.24, 2.45) is 5.16 Å². The second-order valence-corrected chi connectivity index (χ2v) is 4.94. The lowest BCUT2D eigenvalue weighted by molar-refractivity contribution is 0.342. The minimum Gasteiger partial charge on any atom is -0.356 e. The van der Waals surface area contributed by atoms with Crippen LogP contribution < -0.4 is 4.84 Å². The maximum absolute atomic E-state index is 5.59. The molecule has 0 heterocycles. The van der Waals surface area contributed by atoms with Crippen molar-refractivity contribution < 1.29 is 4.84 Å². The van der Waals surface area contributed by atoms with Crippen LogP contribution in [-0.2, 0) is 0 Å². The van der Waals surface area contributed by atoms with E-state index in [0.29, 0.717) is 0 Å². The van der Waals surface area contributed by atoms with Gasteiger partial charge < -0.3 is 4.84 Å². The molecule has 0 N–H and O–H groups in total. The normalized spacial score (nSPS) is 11.7. The topological polar surface area (TPSA) is 21.6 Å². The highest BCUT2D eigenvalue weighted by atomic mass is 16.6. The molecule has 3 aromatic carbocycles. The highest BCUT2D eigenvalue weighted by Gasteiger charge is 2.24. The molecule has 4 rings (SSSR count). The second kappa shape index (κ2) is 4.91. The Morgan fingerprint density at radius 2 is 1.00 bits per heavy atom. The monoisotopic (exact) mass is 271 g/mol. The van der Waals surface area contributed by atoms with Crippen molar-refractivity contribution >= 4 is 5.71 Å². The van der Waals surface area contributed by atoms with Crippen molar-refractivity contribution in [1.82, 2.24) is 0 Å². The van der Waals surface area contributed by atoms with Crippen LogP contribution in [0.2, 0.25) is 0 Å². The maximum Gasteiger partial charge on any atom is 0.157 e. The number of rotatable bonds is 2. The van der Waals surface area contributed by atoms with Gasteiger partial charge in [-0.05, 0) is 23.3 Å². The number of benzene rings is 3. The smallest absolute Gasteiger partial charge is 0.157 e. The zero-order valence-electron chi connectivity index (χ0n) is 11.4. The van der Waals surface area contributed by atoms with Gasteiger partial charge in [-0.3, -0.25) is 0 Å². The molecule has 0 bridgehead atoms. The van der Waals surface area contributed by atoms with E-state index in [2.05, 4.69) is 41.6 Å². The third-order valence-electron chi connectivity index (χ3n) is 3.64. The van der Waals surface area contributed by atoms with Crippen LogP contribution >= 0.6 is 0 Å². The zero-order chi connectivity index (χ0) is 14.1. The van der Waals surface area contributed by atoms with Gasteiger partial charge in [0.25, 0.3) is 0 Å². The lowest BCUT2D eigenvalue weighted by Gasteiger charge is -2.02. The van der Waals surface area contributed by atoms with E-state index in [1.54, 1.807) is 0 Å². The second-order valence-electron chi connectivity index (χ2n) is 4.94. The first-order chi connectivity index (χ1) is 10.4. The molecular formula is C19H13NO. The first-order valence-corrected chi connectivity index (χ1v) is 6.93. The van der Waals surface area contributed by atoms with E-state index in [1.807, 2.05) is 42.5 Å². The fourth-order valence-electron chi connectivity index (χ4n) is 2.67. The Morgan fingerprint density at radius 1 is 0.524 bits per heavy atom. The zero-order valence-corrected chi connectivity index (χ0v) is 11.4. The summed E-state index contributed by atoms with van der Waals surface area (Å²) in [6.45, 7) is 0. The molecule has 0 amide bonds. The van der Waals surface area contributed by atoms with E-state index in [1.165, 1.54) is 11.1 Å². The Labute approximate surface area is 123 Å². The molecule has 100 valence electrons. The molecule has 0 saturated heterocycles. The van der Waals surface area contributed by atoms with E-state index >= 15 is 0 Å². The Morgan fingerprint density at radius 3 is 1.57 bits per heavy atom. The highest BCUT2D eigenvalue weighted by Crippen LogP contribution is 2.36. The highest BCUT2D eigenvalue weighted by molar-refractivity contribution is 6.24. The number of nitrogens with zero attached hydrogens (tertiary/aromatic N) is 1. The quantitative estimate of drug-likeness (QED) is 0.492. The lowest BCUT2D eigenvalue weighted by atomic mass is 10.1. The molecule has 2 heteroatoms. The standard InChI is InChI=1S/C19H13NO/c1-2-8-14(9-3-1)21-20-19-17-12-6-4-10-15(17)16-11-5-7-13-18(16)19/h1-13H. The van der Waals surface area contributed by atoms with E-state index in [0.717, 1.165) is 22.6 Å². The molecule has 0 aromatic heterocycles. The number of hydrogen-bond donors (Lipinski definition) is 0. The first kappa shape index (κ1) is 11.9. The van der Waals surface area contributed by atoms with E-state index < -0.39 is 0 Å². The Balaban J connectivity index is 1.82. The van der Waals surface area contributed by atoms with Crippen molar-refractivity contribution in [3.05, 3.63) is 90.0 Å². The van der Waals surface area contributed by atoms with Crippen LogP contribution in [0, 0.1) is 0 Å². The summed E-state index contributed by atoms with van der Waals surface area (Å²) in [5.41, 5.74) is 5.56. The first-order valence-electron chi connectivity index (χ1n) is 6.93. The van der Waals surface area contributed by atoms with Gasteiger partial charge in [0, 0.05) is 11.1 Å². The fourth-order valence-corrected chi connectivity index (χ4v) is 2.67. The summed E-state index contributed by atoms with van der Waals surface area (Å²) in [7, 11) is 0. The summed E-state index contributed by atoms with van der Waals surface area (Å²) < 4.78 is 0. The average Bonchev–Trinajstić information content (AvgIpc) is 2.88. The molecule has 3 aromatic rings. The van der Waals surface area contributed by atoms with E-state index in [9.17, 15) is 0 Å². The van der Waals surface area contributed by atoms with E-state index in [-0.39, 0.29) is 0 Å². The summed E-state index contributed by atoms with van der Waals surface area (Å²) >= 11 is 0. The van der Waals surface area contributed by atoms with Gasteiger partial charge in [0.05, 0.1) is 0 Å². The summed E-state index contributed by atoms with van der Waals surface area (Å²) in [5.74, 6) is 0.742. The van der Waals surface area contributed by atoms with Crippen LogP contribution in [-0.4, -0.2) is 5.71 Å². The molecule has 0 atom stereocenters. The van der Waals surface area contributed by atoms with Gasteiger partial charge in [-0.2, -0.15) is 0 Å². The summed E-state index contributed by atoms with van der Waals surface area (Å²) in [6.07, 6.45) is 0. The number of fused-ring (bicyclic) bond motifs is 3. The molecule has 0 radical (unpaired) electrons. The Hall–Kier alpha value is -2.87. The molecule has 1 aliphatic rings. The molecule has 0 fully saturated rings. The van der Waals surface area contributed by atoms with Crippen LogP contribution in [0.1, 0.15) is 11.1 Å². The van der Waals surface area contributed by atoms with Crippen molar-refractivity contribution in [3.63, 3.8) is 0 Å². The minimum absolute atomic E-state index is 0.742. The molecule has 21 heavy (non-hydrogen) atoms. The predicted molar refractivity (Wildman–Crippen MR) is 84.6 cm³/mol. The molecule has 0 saturated carbocycles. The lowest BCUT2D eigenvalue weighted by Crippen LogP contribution is -2.00. The number of para-hydroxylation sites is 1. The van der Waals surface area contributed by atoms with Crippen molar-refractivity contribution in [2.75, 3.05) is 0 Å². The molecule has 0 unspecified atom stereocenters. The summed E-state index contributed by atoms with van der Waals surface area (Å²) in [6, 6.07) is 26.2. The Kier molecular flexibility index (Phi) is 2.79. The van der Waals surface area contributed by atoms with Crippen LogP contribution in [0.25, 0.3) is 11.1 Å². The van der Waals surface area contributed by atoms with Gasteiger partial charge >= 0.3 is 0 Å². The molecular weight excluding hydrogens is 258 g/mol. The number of hydrogen-bond acceptors (Lipinski definition) is 2. The van der Waals surface area contributed by atoms with Crippen LogP contribution in [0.5, 0.6) is 5.75 Å². The van der Waals surface area contributed by atoms with Crippen LogP contribution in [0.4, 0.5) is 0 Å². The predicted octanol–water partition coefficient (Wildman–Crippen LogP) is 4.50. The van der Waals surface area contributed by atoms with Crippen molar-refractivity contribution in [1.29, 1.82) is 0 Å². The average molecular weight is 271 g/mol. The Bertz CT molecular complexity index is 774. The fraction of sp³-hybridized carbons (Fsp3) is 0. The molecule has 0 spiro atoms. The van der Waals surface area contributed by atoms with Gasteiger partial charge in [-0.15, -0.1) is 0 Å². The van der Waals surface area contributed by atoms with Crippen LogP contribution in [0.15, 0.2) is 84.0 Å². The van der Waals surface area contributed by atoms with E-state index in [4.69, 9.17) is 4.84 Å². The third-order valence-corrected chi connectivity index (χ3v) is 3.64. The summed E-state index contributed by atoms with van der Waals surface area (Å²) in [4.78, 5) is 5.59. The summed E-state index contributed by atoms with van der Waals surface area (Å²) in [5, 5.41) is 4.39. The molecule has 1 aliphatic carbocycles. The SMILES string of the molecule is c1ccc(ON=C2c3ccccc3-c3ccccc32)cc1.